The van der Waals surface area contributed by atoms with E-state index in [4.69, 9.17) is 19.9 Å². The molecule has 0 radical (unpaired) electrons. The number of hydrogen-bond acceptors (Lipinski definition) is 5. The Morgan fingerprint density at radius 3 is 2.67 bits per heavy atom. The van der Waals surface area contributed by atoms with Gasteiger partial charge in [-0.2, -0.15) is 0 Å². The van der Waals surface area contributed by atoms with Crippen molar-refractivity contribution in [1.29, 1.82) is 0 Å². The molecule has 3 rings (SSSR count). The predicted molar refractivity (Wildman–Crippen MR) is 85.0 cm³/mol. The fourth-order valence-electron chi connectivity index (χ4n) is 2.32. The topological polar surface area (TPSA) is 71.5 Å². The van der Waals surface area contributed by atoms with E-state index >= 15 is 0 Å². The Hall–Kier alpha value is -1.21. The largest absolute Gasteiger partial charge is 0.454 e. The number of ether oxygens (including phenoxy) is 3. The number of nitrogens with zero attached hydrogens (tertiary/aromatic N) is 2. The van der Waals surface area contributed by atoms with E-state index in [0.717, 1.165) is 41.3 Å². The lowest BCUT2D eigenvalue weighted by molar-refractivity contribution is 0.174. The number of halogens is 2. The molecule has 0 fully saturated rings. The van der Waals surface area contributed by atoms with Gasteiger partial charge in [0.15, 0.2) is 11.5 Å². The summed E-state index contributed by atoms with van der Waals surface area (Å²) >= 11 is 0. The highest BCUT2D eigenvalue weighted by molar-refractivity contribution is 5.85. The average molecular weight is 336 g/mol. The number of aromatic nitrogens is 2. The lowest BCUT2D eigenvalue weighted by atomic mass is 10.2. The Morgan fingerprint density at radius 1 is 1.29 bits per heavy atom. The summed E-state index contributed by atoms with van der Waals surface area (Å²) in [5.74, 6) is 2.49. The first-order chi connectivity index (χ1) is 9.33. The minimum Gasteiger partial charge on any atom is -0.454 e. The normalized spacial score (nSPS) is 12.1. The number of hydrogen-bond donors (Lipinski definition) is 1. The Kier molecular flexibility index (Phi) is 6.54. The SMILES string of the molecule is COCCn1c(CCN)nc2cc3c(cc21)OCO3.Cl.Cl. The maximum atomic E-state index is 5.64. The monoisotopic (exact) mass is 335 g/mol. The van der Waals surface area contributed by atoms with E-state index in [-0.39, 0.29) is 31.6 Å². The number of methoxy groups -OCH3 is 1. The van der Waals surface area contributed by atoms with Crippen molar-refractivity contribution in [2.45, 2.75) is 13.0 Å². The zero-order valence-corrected chi connectivity index (χ0v) is 13.3. The van der Waals surface area contributed by atoms with Gasteiger partial charge in [0.25, 0.3) is 0 Å². The Bertz CT molecular complexity index is 604. The van der Waals surface area contributed by atoms with Crippen LogP contribution in [0.2, 0.25) is 0 Å². The number of benzene rings is 1. The molecule has 0 bridgehead atoms. The van der Waals surface area contributed by atoms with Crippen molar-refractivity contribution < 1.29 is 14.2 Å². The molecule has 0 atom stereocenters. The highest BCUT2D eigenvalue weighted by Crippen LogP contribution is 2.36. The minimum atomic E-state index is 0. The van der Waals surface area contributed by atoms with Crippen LogP contribution in [0.1, 0.15) is 5.82 Å². The number of nitrogens with two attached hydrogens (primary N) is 1. The van der Waals surface area contributed by atoms with E-state index in [1.807, 2.05) is 12.1 Å². The lowest BCUT2D eigenvalue weighted by Crippen LogP contribution is -2.12. The van der Waals surface area contributed by atoms with Gasteiger partial charge in [-0.3, -0.25) is 0 Å². The van der Waals surface area contributed by atoms with Gasteiger partial charge in [-0.1, -0.05) is 0 Å². The highest BCUT2D eigenvalue weighted by atomic mass is 35.5. The standard InChI is InChI=1S/C13H17N3O3.2ClH/c1-17-5-4-16-10-7-12-11(18-8-19-12)6-9(10)15-13(16)2-3-14;;/h6-7H,2-5,8,14H2,1H3;2*1H. The Labute approximate surface area is 135 Å². The van der Waals surface area contributed by atoms with Crippen molar-refractivity contribution in [3.63, 3.8) is 0 Å². The molecule has 1 aromatic carbocycles. The molecule has 1 aromatic heterocycles. The second-order valence-corrected chi connectivity index (χ2v) is 4.41. The second kappa shape index (κ2) is 7.70. The summed E-state index contributed by atoms with van der Waals surface area (Å²) in [5.41, 5.74) is 7.58. The van der Waals surface area contributed by atoms with E-state index in [1.165, 1.54) is 0 Å². The lowest BCUT2D eigenvalue weighted by Gasteiger charge is -2.08. The fourth-order valence-corrected chi connectivity index (χ4v) is 2.32. The second-order valence-electron chi connectivity index (χ2n) is 4.41. The van der Waals surface area contributed by atoms with Crippen LogP contribution >= 0.6 is 24.8 Å². The molecule has 0 spiro atoms. The maximum Gasteiger partial charge on any atom is 0.231 e. The van der Waals surface area contributed by atoms with Crippen molar-refractivity contribution >= 4 is 35.8 Å². The Morgan fingerprint density at radius 2 is 2.00 bits per heavy atom. The van der Waals surface area contributed by atoms with Crippen molar-refractivity contribution in [3.8, 4) is 11.5 Å². The van der Waals surface area contributed by atoms with Crippen LogP contribution in [0.5, 0.6) is 11.5 Å². The molecule has 0 aliphatic carbocycles. The number of rotatable bonds is 5. The zero-order chi connectivity index (χ0) is 13.2. The van der Waals surface area contributed by atoms with Crippen molar-refractivity contribution in [1.82, 2.24) is 9.55 Å². The van der Waals surface area contributed by atoms with Crippen LogP contribution in [0.15, 0.2) is 12.1 Å². The molecule has 1 aliphatic heterocycles. The molecule has 0 amide bonds. The van der Waals surface area contributed by atoms with Gasteiger partial charge in [-0.05, 0) is 6.54 Å². The van der Waals surface area contributed by atoms with Crippen molar-refractivity contribution in [2.75, 3.05) is 27.1 Å². The number of imidazole rings is 1. The molecule has 1 aliphatic rings. The van der Waals surface area contributed by atoms with E-state index in [0.29, 0.717) is 13.2 Å². The van der Waals surface area contributed by atoms with Gasteiger partial charge in [0.05, 0.1) is 17.6 Å². The van der Waals surface area contributed by atoms with Gasteiger partial charge in [0, 0.05) is 32.2 Å². The highest BCUT2D eigenvalue weighted by Gasteiger charge is 2.18. The molecule has 2 aromatic rings. The molecule has 2 heterocycles. The van der Waals surface area contributed by atoms with E-state index in [9.17, 15) is 0 Å². The van der Waals surface area contributed by atoms with Crippen LogP contribution in [0.3, 0.4) is 0 Å². The predicted octanol–water partition coefficient (Wildman–Crippen LogP) is 1.76. The number of fused-ring (bicyclic) bond motifs is 2. The van der Waals surface area contributed by atoms with Gasteiger partial charge in [-0.25, -0.2) is 4.98 Å². The molecular formula is C13H19Cl2N3O3. The van der Waals surface area contributed by atoms with Crippen LogP contribution < -0.4 is 15.2 Å². The molecular weight excluding hydrogens is 317 g/mol. The van der Waals surface area contributed by atoms with Gasteiger partial charge >= 0.3 is 0 Å². The molecule has 21 heavy (non-hydrogen) atoms. The molecule has 0 unspecified atom stereocenters. The first-order valence-corrected chi connectivity index (χ1v) is 6.31. The first kappa shape index (κ1) is 17.8. The van der Waals surface area contributed by atoms with E-state index in [2.05, 4.69) is 9.55 Å². The molecule has 8 heteroatoms. The third-order valence-electron chi connectivity index (χ3n) is 3.21. The summed E-state index contributed by atoms with van der Waals surface area (Å²) in [6.45, 7) is 2.23. The summed E-state index contributed by atoms with van der Waals surface area (Å²) in [4.78, 5) is 4.62. The van der Waals surface area contributed by atoms with E-state index in [1.54, 1.807) is 7.11 Å². The summed E-state index contributed by atoms with van der Waals surface area (Å²) < 4.78 is 18.1. The quantitative estimate of drug-likeness (QED) is 0.901. The Balaban J connectivity index is 0.00000110. The zero-order valence-electron chi connectivity index (χ0n) is 11.7. The third-order valence-corrected chi connectivity index (χ3v) is 3.21. The van der Waals surface area contributed by atoms with Crippen LogP contribution in [0, 0.1) is 0 Å². The smallest absolute Gasteiger partial charge is 0.231 e. The van der Waals surface area contributed by atoms with E-state index < -0.39 is 0 Å². The third kappa shape index (κ3) is 3.35. The van der Waals surface area contributed by atoms with Crippen LogP contribution in [-0.2, 0) is 17.7 Å². The van der Waals surface area contributed by atoms with Crippen LogP contribution in [0.4, 0.5) is 0 Å². The van der Waals surface area contributed by atoms with Crippen molar-refractivity contribution in [3.05, 3.63) is 18.0 Å². The molecule has 6 nitrogen and oxygen atoms in total. The van der Waals surface area contributed by atoms with Gasteiger partial charge in [0.1, 0.15) is 5.82 Å². The first-order valence-electron chi connectivity index (χ1n) is 6.31. The average Bonchev–Trinajstić information content (AvgIpc) is 2.98. The van der Waals surface area contributed by atoms with Crippen LogP contribution in [0.25, 0.3) is 11.0 Å². The fraction of sp³-hybridized carbons (Fsp3) is 0.462. The van der Waals surface area contributed by atoms with Gasteiger partial charge in [-0.15, -0.1) is 24.8 Å². The summed E-state index contributed by atoms with van der Waals surface area (Å²) in [6, 6.07) is 3.89. The minimum absolute atomic E-state index is 0. The molecule has 118 valence electrons. The summed E-state index contributed by atoms with van der Waals surface area (Å²) in [5, 5.41) is 0. The summed E-state index contributed by atoms with van der Waals surface area (Å²) in [6.07, 6.45) is 0.741. The molecule has 2 N–H and O–H groups in total. The van der Waals surface area contributed by atoms with Gasteiger partial charge < -0.3 is 24.5 Å². The maximum absolute atomic E-state index is 5.64. The summed E-state index contributed by atoms with van der Waals surface area (Å²) in [7, 11) is 1.69. The van der Waals surface area contributed by atoms with Gasteiger partial charge in [0.2, 0.25) is 6.79 Å². The molecule has 0 saturated heterocycles. The van der Waals surface area contributed by atoms with Crippen molar-refractivity contribution in [2.24, 2.45) is 5.73 Å². The molecule has 0 saturated carbocycles. The van der Waals surface area contributed by atoms with Crippen LogP contribution in [-0.4, -0.2) is 36.6 Å².